The standard InChI is InChI=1S/C14H16BrNO3/c1-18-12-10(5-6-11(15)13(12)19-2)14(16-9-17)7-3-4-8-14/h5-6H,3-4,7-8H2,1-2H3. The van der Waals surface area contributed by atoms with E-state index in [0.29, 0.717) is 11.5 Å². The van der Waals surface area contributed by atoms with Gasteiger partial charge in [-0.05, 0) is 34.8 Å². The quantitative estimate of drug-likeness (QED) is 0.628. The van der Waals surface area contributed by atoms with Crippen LogP contribution in [0.2, 0.25) is 0 Å². The molecule has 0 N–H and O–H groups in total. The number of nitrogens with zero attached hydrogens (tertiary/aromatic N) is 1. The maximum atomic E-state index is 10.8. The SMILES string of the molecule is COc1c(Br)ccc(C2(N=C=O)CCCC2)c1OC. The van der Waals surface area contributed by atoms with Crippen LogP contribution < -0.4 is 9.47 Å². The zero-order valence-electron chi connectivity index (χ0n) is 11.0. The summed E-state index contributed by atoms with van der Waals surface area (Å²) in [5, 5.41) is 0. The Labute approximate surface area is 120 Å². The smallest absolute Gasteiger partial charge is 0.235 e. The maximum absolute atomic E-state index is 10.8. The predicted octanol–water partition coefficient (Wildman–Crippen LogP) is 3.57. The fourth-order valence-corrected chi connectivity index (χ4v) is 3.26. The fourth-order valence-electron chi connectivity index (χ4n) is 2.79. The molecule has 0 heterocycles. The first-order valence-electron chi connectivity index (χ1n) is 6.18. The van der Waals surface area contributed by atoms with Gasteiger partial charge < -0.3 is 9.47 Å². The lowest BCUT2D eigenvalue weighted by molar-refractivity contribution is 0.336. The van der Waals surface area contributed by atoms with E-state index in [1.807, 2.05) is 12.1 Å². The molecule has 0 radical (unpaired) electrons. The van der Waals surface area contributed by atoms with Gasteiger partial charge in [0.1, 0.15) is 5.54 Å². The van der Waals surface area contributed by atoms with Crippen LogP contribution in [-0.2, 0) is 10.3 Å². The van der Waals surface area contributed by atoms with Crippen LogP contribution in [-0.4, -0.2) is 20.3 Å². The van der Waals surface area contributed by atoms with Crippen molar-refractivity contribution >= 4 is 22.0 Å². The van der Waals surface area contributed by atoms with Crippen LogP contribution in [0.25, 0.3) is 0 Å². The lowest BCUT2D eigenvalue weighted by Gasteiger charge is -2.26. The van der Waals surface area contributed by atoms with E-state index in [4.69, 9.17) is 9.47 Å². The number of hydrogen-bond donors (Lipinski definition) is 0. The van der Waals surface area contributed by atoms with Gasteiger partial charge in [-0.15, -0.1) is 0 Å². The number of rotatable bonds is 4. The second-order valence-electron chi connectivity index (χ2n) is 4.60. The molecule has 0 atom stereocenters. The number of halogens is 1. The summed E-state index contributed by atoms with van der Waals surface area (Å²) < 4.78 is 11.7. The molecular weight excluding hydrogens is 310 g/mol. The monoisotopic (exact) mass is 325 g/mol. The number of aliphatic imine (C=N–C) groups is 1. The van der Waals surface area contributed by atoms with Crippen LogP contribution in [0.4, 0.5) is 0 Å². The zero-order chi connectivity index (χ0) is 13.9. The molecule has 2 rings (SSSR count). The van der Waals surface area contributed by atoms with Crippen molar-refractivity contribution in [2.75, 3.05) is 14.2 Å². The summed E-state index contributed by atoms with van der Waals surface area (Å²) in [6.07, 6.45) is 5.49. The van der Waals surface area contributed by atoms with Crippen LogP contribution >= 0.6 is 15.9 Å². The normalized spacial score (nSPS) is 16.8. The van der Waals surface area contributed by atoms with Crippen LogP contribution in [0.3, 0.4) is 0 Å². The van der Waals surface area contributed by atoms with Gasteiger partial charge >= 0.3 is 0 Å². The summed E-state index contributed by atoms with van der Waals surface area (Å²) >= 11 is 3.43. The Morgan fingerprint density at radius 2 is 1.84 bits per heavy atom. The van der Waals surface area contributed by atoms with Crippen LogP contribution in [0, 0.1) is 0 Å². The summed E-state index contributed by atoms with van der Waals surface area (Å²) in [5.74, 6) is 1.27. The number of isocyanates is 1. The molecule has 1 aliphatic rings. The summed E-state index contributed by atoms with van der Waals surface area (Å²) in [6, 6.07) is 3.84. The second-order valence-corrected chi connectivity index (χ2v) is 5.46. The van der Waals surface area contributed by atoms with E-state index in [9.17, 15) is 4.79 Å². The molecule has 0 unspecified atom stereocenters. The van der Waals surface area contributed by atoms with E-state index in [1.54, 1.807) is 20.3 Å². The summed E-state index contributed by atoms with van der Waals surface area (Å²) in [6.45, 7) is 0. The van der Waals surface area contributed by atoms with E-state index in [1.165, 1.54) is 0 Å². The number of hydrogen-bond acceptors (Lipinski definition) is 4. The molecule has 1 aromatic carbocycles. The van der Waals surface area contributed by atoms with E-state index in [-0.39, 0.29) is 0 Å². The minimum atomic E-state index is -0.513. The molecular formula is C14H16BrNO3. The molecule has 102 valence electrons. The third-order valence-corrected chi connectivity index (χ3v) is 4.29. The van der Waals surface area contributed by atoms with Gasteiger partial charge in [0.25, 0.3) is 0 Å². The van der Waals surface area contributed by atoms with Crippen LogP contribution in [0.5, 0.6) is 11.5 Å². The number of ether oxygens (including phenoxy) is 2. The van der Waals surface area contributed by atoms with Gasteiger partial charge in [0.05, 0.1) is 18.7 Å². The van der Waals surface area contributed by atoms with Crippen LogP contribution in [0.15, 0.2) is 21.6 Å². The highest BCUT2D eigenvalue weighted by Gasteiger charge is 2.39. The Bertz CT molecular complexity index is 518. The number of carbonyl (C=O) groups excluding carboxylic acids is 1. The van der Waals surface area contributed by atoms with E-state index < -0.39 is 5.54 Å². The molecule has 0 spiro atoms. The number of benzene rings is 1. The molecule has 0 saturated heterocycles. The van der Waals surface area contributed by atoms with E-state index >= 15 is 0 Å². The number of methoxy groups -OCH3 is 2. The highest BCUT2D eigenvalue weighted by molar-refractivity contribution is 9.10. The molecule has 0 aliphatic heterocycles. The topological polar surface area (TPSA) is 47.9 Å². The highest BCUT2D eigenvalue weighted by Crippen LogP contribution is 2.49. The van der Waals surface area contributed by atoms with Crippen molar-refractivity contribution in [2.45, 2.75) is 31.2 Å². The van der Waals surface area contributed by atoms with Gasteiger partial charge in [0, 0.05) is 5.56 Å². The minimum absolute atomic E-state index is 0.513. The Balaban J connectivity index is 2.63. The predicted molar refractivity (Wildman–Crippen MR) is 75.5 cm³/mol. The Hall–Kier alpha value is -1.32. The molecule has 4 nitrogen and oxygen atoms in total. The molecule has 1 fully saturated rings. The molecule has 1 aromatic rings. The molecule has 0 aromatic heterocycles. The van der Waals surface area contributed by atoms with Crippen molar-refractivity contribution in [1.82, 2.24) is 0 Å². The molecule has 0 bridgehead atoms. The first kappa shape index (κ1) is 14.1. The zero-order valence-corrected chi connectivity index (χ0v) is 12.6. The minimum Gasteiger partial charge on any atom is -0.492 e. The summed E-state index contributed by atoms with van der Waals surface area (Å²) in [7, 11) is 3.19. The Morgan fingerprint density at radius 1 is 1.21 bits per heavy atom. The second kappa shape index (κ2) is 5.76. The molecule has 5 heteroatoms. The Morgan fingerprint density at radius 3 is 2.37 bits per heavy atom. The van der Waals surface area contributed by atoms with Gasteiger partial charge in [-0.2, -0.15) is 4.99 Å². The maximum Gasteiger partial charge on any atom is 0.235 e. The van der Waals surface area contributed by atoms with Gasteiger partial charge in [0.2, 0.25) is 6.08 Å². The summed E-state index contributed by atoms with van der Waals surface area (Å²) in [5.41, 5.74) is 0.386. The van der Waals surface area contributed by atoms with Gasteiger partial charge in [-0.25, -0.2) is 4.79 Å². The van der Waals surface area contributed by atoms with Gasteiger partial charge in [0.15, 0.2) is 11.5 Å². The Kier molecular flexibility index (Phi) is 4.27. The van der Waals surface area contributed by atoms with Crippen molar-refractivity contribution in [1.29, 1.82) is 0 Å². The molecule has 19 heavy (non-hydrogen) atoms. The third kappa shape index (κ3) is 2.40. The summed E-state index contributed by atoms with van der Waals surface area (Å²) in [4.78, 5) is 14.9. The molecule has 1 saturated carbocycles. The lowest BCUT2D eigenvalue weighted by atomic mass is 9.88. The first-order valence-corrected chi connectivity index (χ1v) is 6.98. The molecule has 1 aliphatic carbocycles. The fraction of sp³-hybridized carbons (Fsp3) is 0.500. The van der Waals surface area contributed by atoms with Crippen molar-refractivity contribution < 1.29 is 14.3 Å². The van der Waals surface area contributed by atoms with Crippen LogP contribution in [0.1, 0.15) is 31.2 Å². The molecule has 0 amide bonds. The van der Waals surface area contributed by atoms with Crippen molar-refractivity contribution in [3.05, 3.63) is 22.2 Å². The van der Waals surface area contributed by atoms with Gasteiger partial charge in [-0.3, -0.25) is 0 Å². The average molecular weight is 326 g/mol. The largest absolute Gasteiger partial charge is 0.492 e. The first-order chi connectivity index (χ1) is 9.18. The average Bonchev–Trinajstić information content (AvgIpc) is 2.88. The van der Waals surface area contributed by atoms with E-state index in [0.717, 1.165) is 35.7 Å². The highest BCUT2D eigenvalue weighted by atomic mass is 79.9. The van der Waals surface area contributed by atoms with Gasteiger partial charge in [-0.1, -0.05) is 18.9 Å². The van der Waals surface area contributed by atoms with E-state index in [2.05, 4.69) is 20.9 Å². The van der Waals surface area contributed by atoms with Crippen molar-refractivity contribution in [2.24, 2.45) is 4.99 Å². The van der Waals surface area contributed by atoms with Crippen molar-refractivity contribution in [3.8, 4) is 11.5 Å². The lowest BCUT2D eigenvalue weighted by Crippen LogP contribution is -2.20. The van der Waals surface area contributed by atoms with Crippen molar-refractivity contribution in [3.63, 3.8) is 0 Å². The third-order valence-electron chi connectivity index (χ3n) is 3.66.